The van der Waals surface area contributed by atoms with Crippen LogP contribution in [0, 0.1) is 0 Å². The van der Waals surface area contributed by atoms with Crippen LogP contribution < -0.4 is 5.32 Å². The second kappa shape index (κ2) is 6.78. The van der Waals surface area contributed by atoms with Crippen molar-refractivity contribution in [2.45, 2.75) is 38.4 Å². The average molecular weight is 348 g/mol. The fourth-order valence-corrected chi connectivity index (χ4v) is 3.58. The van der Waals surface area contributed by atoms with E-state index >= 15 is 0 Å². The zero-order valence-corrected chi connectivity index (χ0v) is 13.2. The van der Waals surface area contributed by atoms with Gasteiger partial charge in [0.15, 0.2) is 0 Å². The summed E-state index contributed by atoms with van der Waals surface area (Å²) in [5.41, 5.74) is 0. The number of likely N-dealkylation sites (N-methyl/N-ethyl adjacent to an activating group) is 1. The highest BCUT2D eigenvalue weighted by molar-refractivity contribution is 9.11. The highest BCUT2D eigenvalue weighted by atomic mass is 79.9. The number of aromatic nitrogens is 1. The van der Waals surface area contributed by atoms with E-state index in [1.165, 1.54) is 0 Å². The van der Waals surface area contributed by atoms with E-state index in [1.54, 1.807) is 11.3 Å². The van der Waals surface area contributed by atoms with Gasteiger partial charge in [0.05, 0.1) is 16.5 Å². The number of nitrogens with one attached hydrogen (secondary N) is 1. The molecule has 0 radical (unpaired) electrons. The summed E-state index contributed by atoms with van der Waals surface area (Å²) in [5.74, 6) is -0.745. The number of halogens is 1. The van der Waals surface area contributed by atoms with Crippen molar-refractivity contribution in [1.82, 2.24) is 15.2 Å². The van der Waals surface area contributed by atoms with Crippen molar-refractivity contribution in [1.29, 1.82) is 0 Å². The monoisotopic (exact) mass is 347 g/mol. The number of rotatable bonds is 7. The molecule has 1 aliphatic carbocycles. The number of aliphatic carboxylic acids is 1. The Morgan fingerprint density at radius 1 is 1.68 bits per heavy atom. The van der Waals surface area contributed by atoms with Crippen molar-refractivity contribution >= 4 is 33.2 Å². The molecule has 2 rings (SSSR count). The van der Waals surface area contributed by atoms with Crippen LogP contribution in [0.3, 0.4) is 0 Å². The SMILES string of the molecule is CCN(CC(=O)O)C1CC(NCc2ncc(Br)s2)C1. The van der Waals surface area contributed by atoms with Gasteiger partial charge in [0.1, 0.15) is 5.01 Å². The van der Waals surface area contributed by atoms with Crippen LogP contribution in [0.15, 0.2) is 9.98 Å². The molecule has 1 heterocycles. The summed E-state index contributed by atoms with van der Waals surface area (Å²) in [6.45, 7) is 3.74. The maximum Gasteiger partial charge on any atom is 0.317 e. The predicted molar refractivity (Wildman–Crippen MR) is 78.3 cm³/mol. The molecule has 1 fully saturated rings. The van der Waals surface area contributed by atoms with Gasteiger partial charge >= 0.3 is 5.97 Å². The first-order chi connectivity index (χ1) is 9.08. The number of carboxylic acid groups (broad SMARTS) is 1. The van der Waals surface area contributed by atoms with Crippen molar-refractivity contribution in [3.8, 4) is 0 Å². The van der Waals surface area contributed by atoms with Gasteiger partial charge in [0, 0.05) is 18.6 Å². The van der Waals surface area contributed by atoms with Crippen molar-refractivity contribution in [2.24, 2.45) is 0 Å². The van der Waals surface area contributed by atoms with Gasteiger partial charge in [-0.3, -0.25) is 9.69 Å². The first kappa shape index (κ1) is 14.9. The molecule has 1 saturated carbocycles. The Hall–Kier alpha value is -0.500. The van der Waals surface area contributed by atoms with Gasteiger partial charge in [-0.15, -0.1) is 11.3 Å². The number of hydrogen-bond donors (Lipinski definition) is 2. The molecule has 2 N–H and O–H groups in total. The zero-order chi connectivity index (χ0) is 13.8. The lowest BCUT2D eigenvalue weighted by Gasteiger charge is -2.42. The summed E-state index contributed by atoms with van der Waals surface area (Å²) >= 11 is 5.04. The van der Waals surface area contributed by atoms with Crippen molar-refractivity contribution in [3.05, 3.63) is 15.0 Å². The molecule has 0 bridgehead atoms. The maximum absolute atomic E-state index is 10.7. The minimum absolute atomic E-state index is 0.146. The van der Waals surface area contributed by atoms with E-state index in [-0.39, 0.29) is 6.54 Å². The Labute approximate surface area is 125 Å². The van der Waals surface area contributed by atoms with Crippen LogP contribution in [0.2, 0.25) is 0 Å². The van der Waals surface area contributed by atoms with Gasteiger partial charge in [-0.2, -0.15) is 0 Å². The number of nitrogens with zero attached hydrogens (tertiary/aromatic N) is 2. The summed E-state index contributed by atoms with van der Waals surface area (Å²) in [5, 5.41) is 13.4. The molecule has 5 nitrogen and oxygen atoms in total. The Bertz CT molecular complexity index is 434. The number of carbonyl (C=O) groups is 1. The van der Waals surface area contributed by atoms with E-state index in [2.05, 4.69) is 26.2 Å². The molecule has 0 aliphatic heterocycles. The van der Waals surface area contributed by atoms with E-state index in [1.807, 2.05) is 18.0 Å². The second-order valence-electron chi connectivity index (χ2n) is 4.72. The number of thiazole rings is 1. The normalized spacial score (nSPS) is 22.5. The number of carboxylic acids is 1. The molecule has 0 spiro atoms. The third-order valence-electron chi connectivity index (χ3n) is 3.44. The Kier molecular flexibility index (Phi) is 5.32. The van der Waals surface area contributed by atoms with Crippen LogP contribution in [-0.4, -0.2) is 46.1 Å². The van der Waals surface area contributed by atoms with Gasteiger partial charge in [0.2, 0.25) is 0 Å². The van der Waals surface area contributed by atoms with Gasteiger partial charge in [-0.25, -0.2) is 4.98 Å². The van der Waals surface area contributed by atoms with E-state index in [9.17, 15) is 4.79 Å². The molecule has 1 aliphatic rings. The highest BCUT2D eigenvalue weighted by Gasteiger charge is 2.33. The molecule has 7 heteroatoms. The minimum Gasteiger partial charge on any atom is -0.480 e. The quantitative estimate of drug-likeness (QED) is 0.788. The first-order valence-corrected chi connectivity index (χ1v) is 7.99. The molecule has 1 aromatic rings. The lowest BCUT2D eigenvalue weighted by atomic mass is 9.85. The Morgan fingerprint density at radius 3 is 2.95 bits per heavy atom. The zero-order valence-electron chi connectivity index (χ0n) is 10.8. The number of hydrogen-bond acceptors (Lipinski definition) is 5. The summed E-state index contributed by atoms with van der Waals surface area (Å²) in [4.78, 5) is 17.0. The van der Waals surface area contributed by atoms with Crippen LogP contribution in [0.5, 0.6) is 0 Å². The maximum atomic E-state index is 10.7. The van der Waals surface area contributed by atoms with E-state index in [0.29, 0.717) is 12.1 Å². The van der Waals surface area contributed by atoms with Crippen LogP contribution >= 0.6 is 27.3 Å². The van der Waals surface area contributed by atoms with E-state index < -0.39 is 5.97 Å². The van der Waals surface area contributed by atoms with Gasteiger partial charge in [0.25, 0.3) is 0 Å². The summed E-state index contributed by atoms with van der Waals surface area (Å²) in [6, 6.07) is 0.886. The molecule has 0 unspecified atom stereocenters. The summed E-state index contributed by atoms with van der Waals surface area (Å²) in [6.07, 6.45) is 3.86. The molecule has 0 aromatic carbocycles. The van der Waals surface area contributed by atoms with Crippen LogP contribution in [-0.2, 0) is 11.3 Å². The third-order valence-corrected chi connectivity index (χ3v) is 4.92. The largest absolute Gasteiger partial charge is 0.480 e. The van der Waals surface area contributed by atoms with E-state index in [0.717, 1.165) is 34.7 Å². The highest BCUT2D eigenvalue weighted by Crippen LogP contribution is 2.26. The Morgan fingerprint density at radius 2 is 2.42 bits per heavy atom. The topological polar surface area (TPSA) is 65.5 Å². The Balaban J connectivity index is 1.69. The summed E-state index contributed by atoms with van der Waals surface area (Å²) < 4.78 is 1.05. The predicted octanol–water partition coefficient (Wildman–Crippen LogP) is 1.93. The second-order valence-corrected chi connectivity index (χ2v) is 7.21. The van der Waals surface area contributed by atoms with Crippen LogP contribution in [0.4, 0.5) is 0 Å². The van der Waals surface area contributed by atoms with Crippen molar-refractivity contribution in [3.63, 3.8) is 0 Å². The van der Waals surface area contributed by atoms with Crippen molar-refractivity contribution in [2.75, 3.05) is 13.1 Å². The fourth-order valence-electron chi connectivity index (χ4n) is 2.33. The fraction of sp³-hybridized carbons (Fsp3) is 0.667. The smallest absolute Gasteiger partial charge is 0.317 e. The third kappa shape index (κ3) is 4.24. The molecule has 106 valence electrons. The van der Waals surface area contributed by atoms with Crippen LogP contribution in [0.25, 0.3) is 0 Å². The molecule has 0 atom stereocenters. The summed E-state index contributed by atoms with van der Waals surface area (Å²) in [7, 11) is 0. The molecular formula is C12H18BrN3O2S. The molecule has 1 aromatic heterocycles. The molecule has 19 heavy (non-hydrogen) atoms. The standard InChI is InChI=1S/C12H18BrN3O2S/c1-2-16(7-12(17)18)9-3-8(4-9)14-6-11-15-5-10(13)19-11/h5,8-9,14H,2-4,6-7H2,1H3,(H,17,18). The van der Waals surface area contributed by atoms with E-state index in [4.69, 9.17) is 5.11 Å². The van der Waals surface area contributed by atoms with Gasteiger partial charge < -0.3 is 10.4 Å². The minimum atomic E-state index is -0.745. The van der Waals surface area contributed by atoms with Crippen LogP contribution in [0.1, 0.15) is 24.8 Å². The first-order valence-electron chi connectivity index (χ1n) is 6.38. The molecular weight excluding hydrogens is 330 g/mol. The van der Waals surface area contributed by atoms with Gasteiger partial charge in [-0.05, 0) is 35.3 Å². The van der Waals surface area contributed by atoms with Gasteiger partial charge in [-0.1, -0.05) is 6.92 Å². The lowest BCUT2D eigenvalue weighted by Crippen LogP contribution is -2.53. The molecule has 0 amide bonds. The molecule has 0 saturated heterocycles. The average Bonchev–Trinajstić information content (AvgIpc) is 2.71. The lowest BCUT2D eigenvalue weighted by molar-refractivity contribution is -0.139. The van der Waals surface area contributed by atoms with Crippen molar-refractivity contribution < 1.29 is 9.90 Å².